The Morgan fingerprint density at radius 1 is 1.44 bits per heavy atom. The Labute approximate surface area is 95.4 Å². The first-order valence-electron chi connectivity index (χ1n) is 5.50. The molecule has 0 atom stereocenters. The molecule has 0 N–H and O–H groups in total. The molecule has 0 saturated carbocycles. The number of rotatable bonds is 5. The second kappa shape index (κ2) is 5.64. The quantitative estimate of drug-likeness (QED) is 0.716. The number of hydrogen-bond acceptors (Lipinski definition) is 2. The Balaban J connectivity index is 2.85. The molecular formula is C13H17FO2. The van der Waals surface area contributed by atoms with Gasteiger partial charge in [0, 0.05) is 6.42 Å². The molecule has 0 radical (unpaired) electrons. The highest BCUT2D eigenvalue weighted by Crippen LogP contribution is 2.18. The van der Waals surface area contributed by atoms with Crippen LogP contribution in [0.2, 0.25) is 0 Å². The molecular weight excluding hydrogens is 207 g/mol. The first-order valence-corrected chi connectivity index (χ1v) is 5.50. The highest BCUT2D eigenvalue weighted by Gasteiger charge is 2.11. The van der Waals surface area contributed by atoms with Gasteiger partial charge in [0.2, 0.25) is 0 Å². The fourth-order valence-electron chi connectivity index (χ4n) is 1.26. The molecule has 16 heavy (non-hydrogen) atoms. The molecule has 1 aromatic rings. The average molecular weight is 224 g/mol. The summed E-state index contributed by atoms with van der Waals surface area (Å²) in [5.74, 6) is 0.263. The Kier molecular flexibility index (Phi) is 4.47. The molecule has 0 saturated heterocycles. The molecule has 1 rings (SSSR count). The standard InChI is InChI=1S/C13H17FO2/c1-4-13(15)11-7-10(5-6-12(11)14)16-8-9(2)3/h5-7,9H,4,8H2,1-3H3. The summed E-state index contributed by atoms with van der Waals surface area (Å²) in [7, 11) is 0. The van der Waals surface area contributed by atoms with Crippen LogP contribution in [-0.4, -0.2) is 12.4 Å². The van der Waals surface area contributed by atoms with E-state index in [1.54, 1.807) is 13.0 Å². The molecule has 0 bridgehead atoms. The summed E-state index contributed by atoms with van der Waals surface area (Å²) in [5, 5.41) is 0. The van der Waals surface area contributed by atoms with E-state index in [1.165, 1.54) is 12.1 Å². The van der Waals surface area contributed by atoms with Crippen molar-refractivity contribution in [1.82, 2.24) is 0 Å². The van der Waals surface area contributed by atoms with Gasteiger partial charge < -0.3 is 4.74 Å². The van der Waals surface area contributed by atoms with Crippen LogP contribution in [0, 0.1) is 11.7 Å². The lowest BCUT2D eigenvalue weighted by molar-refractivity contribution is 0.0983. The number of ketones is 1. The molecule has 0 fully saturated rings. The van der Waals surface area contributed by atoms with Gasteiger partial charge in [0.1, 0.15) is 11.6 Å². The summed E-state index contributed by atoms with van der Waals surface area (Å²) in [5.41, 5.74) is 0.115. The van der Waals surface area contributed by atoms with Gasteiger partial charge in [0.25, 0.3) is 0 Å². The topological polar surface area (TPSA) is 26.3 Å². The number of Topliss-reactive ketones (excluding diaryl/α,β-unsaturated/α-hetero) is 1. The third kappa shape index (κ3) is 3.33. The Hall–Kier alpha value is -1.38. The van der Waals surface area contributed by atoms with Crippen LogP contribution in [0.3, 0.4) is 0 Å². The fourth-order valence-corrected chi connectivity index (χ4v) is 1.26. The van der Waals surface area contributed by atoms with Gasteiger partial charge in [-0.15, -0.1) is 0 Å². The number of hydrogen-bond donors (Lipinski definition) is 0. The molecule has 0 amide bonds. The van der Waals surface area contributed by atoms with Gasteiger partial charge in [0.15, 0.2) is 5.78 Å². The van der Waals surface area contributed by atoms with Crippen molar-refractivity contribution in [2.75, 3.05) is 6.61 Å². The summed E-state index contributed by atoms with van der Waals surface area (Å²) in [6.45, 7) is 6.33. The molecule has 88 valence electrons. The lowest BCUT2D eigenvalue weighted by Gasteiger charge is -2.10. The highest BCUT2D eigenvalue weighted by molar-refractivity contribution is 5.96. The Bertz CT molecular complexity index is 372. The minimum atomic E-state index is -0.483. The maximum absolute atomic E-state index is 13.3. The number of benzene rings is 1. The summed E-state index contributed by atoms with van der Waals surface area (Å²) in [6, 6.07) is 4.30. The minimum Gasteiger partial charge on any atom is -0.493 e. The van der Waals surface area contributed by atoms with Crippen LogP contribution in [0.5, 0.6) is 5.75 Å². The molecule has 0 spiro atoms. The van der Waals surface area contributed by atoms with Gasteiger partial charge >= 0.3 is 0 Å². The van der Waals surface area contributed by atoms with Crippen molar-refractivity contribution >= 4 is 5.78 Å². The van der Waals surface area contributed by atoms with Gasteiger partial charge in [0.05, 0.1) is 12.2 Å². The Morgan fingerprint density at radius 3 is 2.69 bits per heavy atom. The zero-order chi connectivity index (χ0) is 12.1. The second-order valence-corrected chi connectivity index (χ2v) is 4.12. The summed E-state index contributed by atoms with van der Waals surface area (Å²) in [6.07, 6.45) is 0.296. The molecule has 0 aliphatic rings. The van der Waals surface area contributed by atoms with Crippen molar-refractivity contribution in [2.45, 2.75) is 27.2 Å². The van der Waals surface area contributed by atoms with Crippen LogP contribution < -0.4 is 4.74 Å². The zero-order valence-electron chi connectivity index (χ0n) is 9.92. The van der Waals surface area contributed by atoms with Crippen LogP contribution in [0.1, 0.15) is 37.6 Å². The van der Waals surface area contributed by atoms with Crippen molar-refractivity contribution in [2.24, 2.45) is 5.92 Å². The van der Waals surface area contributed by atoms with Crippen molar-refractivity contribution in [3.05, 3.63) is 29.6 Å². The zero-order valence-corrected chi connectivity index (χ0v) is 9.92. The number of halogens is 1. The van der Waals surface area contributed by atoms with E-state index in [4.69, 9.17) is 4.74 Å². The SMILES string of the molecule is CCC(=O)c1cc(OCC(C)C)ccc1F. The maximum Gasteiger partial charge on any atom is 0.165 e. The number of ether oxygens (including phenoxy) is 1. The molecule has 1 aromatic carbocycles. The van der Waals surface area contributed by atoms with E-state index in [9.17, 15) is 9.18 Å². The van der Waals surface area contributed by atoms with Crippen molar-refractivity contribution in [3.8, 4) is 5.75 Å². The number of carbonyl (C=O) groups is 1. The van der Waals surface area contributed by atoms with Crippen LogP contribution in [0.15, 0.2) is 18.2 Å². The molecule has 0 aromatic heterocycles. The Morgan fingerprint density at radius 2 is 2.12 bits per heavy atom. The molecule has 3 heteroatoms. The molecule has 0 aliphatic heterocycles. The van der Waals surface area contributed by atoms with Crippen LogP contribution >= 0.6 is 0 Å². The van der Waals surface area contributed by atoms with Crippen molar-refractivity contribution in [3.63, 3.8) is 0 Å². The van der Waals surface area contributed by atoms with Gasteiger partial charge in [-0.05, 0) is 24.1 Å². The lowest BCUT2D eigenvalue weighted by Crippen LogP contribution is -2.06. The van der Waals surface area contributed by atoms with E-state index in [0.717, 1.165) is 0 Å². The van der Waals surface area contributed by atoms with Gasteiger partial charge in [-0.3, -0.25) is 4.79 Å². The maximum atomic E-state index is 13.3. The van der Waals surface area contributed by atoms with E-state index in [2.05, 4.69) is 0 Å². The van der Waals surface area contributed by atoms with E-state index in [-0.39, 0.29) is 11.3 Å². The largest absolute Gasteiger partial charge is 0.493 e. The van der Waals surface area contributed by atoms with Crippen LogP contribution in [0.25, 0.3) is 0 Å². The fraction of sp³-hybridized carbons (Fsp3) is 0.462. The normalized spacial score (nSPS) is 10.6. The van der Waals surface area contributed by atoms with Gasteiger partial charge in [-0.2, -0.15) is 0 Å². The predicted octanol–water partition coefficient (Wildman–Crippen LogP) is 3.45. The third-order valence-corrected chi connectivity index (χ3v) is 2.14. The van der Waals surface area contributed by atoms with Crippen LogP contribution in [0.4, 0.5) is 4.39 Å². The van der Waals surface area contributed by atoms with Gasteiger partial charge in [-0.1, -0.05) is 20.8 Å². The van der Waals surface area contributed by atoms with Crippen LogP contribution in [-0.2, 0) is 0 Å². The summed E-state index contributed by atoms with van der Waals surface area (Å²) >= 11 is 0. The molecule has 2 nitrogen and oxygen atoms in total. The summed E-state index contributed by atoms with van der Waals surface area (Å²) < 4.78 is 18.8. The smallest absolute Gasteiger partial charge is 0.165 e. The van der Waals surface area contributed by atoms with E-state index < -0.39 is 5.82 Å². The predicted molar refractivity (Wildman–Crippen MR) is 61.4 cm³/mol. The third-order valence-electron chi connectivity index (χ3n) is 2.14. The monoisotopic (exact) mass is 224 g/mol. The molecule has 0 aliphatic carbocycles. The highest BCUT2D eigenvalue weighted by atomic mass is 19.1. The second-order valence-electron chi connectivity index (χ2n) is 4.12. The first kappa shape index (κ1) is 12.7. The van der Waals surface area contributed by atoms with E-state index >= 15 is 0 Å². The van der Waals surface area contributed by atoms with Crippen molar-refractivity contribution < 1.29 is 13.9 Å². The average Bonchev–Trinajstić information content (AvgIpc) is 2.27. The van der Waals surface area contributed by atoms with Gasteiger partial charge in [-0.25, -0.2) is 4.39 Å². The van der Waals surface area contributed by atoms with E-state index in [1.807, 2.05) is 13.8 Å². The molecule has 0 heterocycles. The first-order chi connectivity index (χ1) is 7.54. The van der Waals surface area contributed by atoms with Crippen molar-refractivity contribution in [1.29, 1.82) is 0 Å². The minimum absolute atomic E-state index is 0.115. The molecule has 0 unspecified atom stereocenters. The van der Waals surface area contributed by atoms with E-state index in [0.29, 0.717) is 24.7 Å². The lowest BCUT2D eigenvalue weighted by atomic mass is 10.1. The number of carbonyl (C=O) groups excluding carboxylic acids is 1. The summed E-state index contributed by atoms with van der Waals surface area (Å²) in [4.78, 5) is 11.4.